The monoisotopic (exact) mass is 480 g/mol. The fraction of sp³-hybridized carbons (Fsp3) is 0.300. The van der Waals surface area contributed by atoms with Crippen LogP contribution in [0.3, 0.4) is 0 Å². The lowest BCUT2D eigenvalue weighted by atomic mass is 10.1. The molecule has 0 saturated carbocycles. The summed E-state index contributed by atoms with van der Waals surface area (Å²) in [6.45, 7) is 8.89. The molecule has 0 N–H and O–H groups in total. The van der Waals surface area contributed by atoms with Crippen LogP contribution in [0.4, 0.5) is 11.4 Å². The van der Waals surface area contributed by atoms with Gasteiger partial charge in [0.15, 0.2) is 0 Å². The Kier molecular flexibility index (Phi) is 6.35. The number of anilines is 2. The summed E-state index contributed by atoms with van der Waals surface area (Å²) in [6, 6.07) is 23.8. The summed E-state index contributed by atoms with van der Waals surface area (Å²) < 4.78 is 2.01. The van der Waals surface area contributed by atoms with Crippen LogP contribution in [0.5, 0.6) is 0 Å². The van der Waals surface area contributed by atoms with Crippen molar-refractivity contribution in [2.24, 2.45) is 0 Å². The van der Waals surface area contributed by atoms with Gasteiger partial charge in [-0.05, 0) is 75.2 Å². The standard InChI is InChI=1S/C30H32N4O2/c1-20(2)34(24-10-6-5-7-11-24)29(36)19-33-27-13-9-8-12-26(27)31-30(33)23-17-28(35)32(18-23)25-15-14-21(3)22(4)16-25/h5-16,20,23H,17-19H2,1-4H3/t23-/m1/s1. The highest BCUT2D eigenvalue weighted by molar-refractivity contribution is 5.97. The van der Waals surface area contributed by atoms with E-state index in [1.807, 2.05) is 88.9 Å². The normalized spacial score (nSPS) is 15.8. The third-order valence-electron chi connectivity index (χ3n) is 7.09. The van der Waals surface area contributed by atoms with Gasteiger partial charge in [0.2, 0.25) is 11.8 Å². The van der Waals surface area contributed by atoms with Crippen molar-refractivity contribution >= 4 is 34.2 Å². The number of aryl methyl sites for hydroxylation is 2. The van der Waals surface area contributed by atoms with Crippen molar-refractivity contribution < 1.29 is 9.59 Å². The SMILES string of the molecule is Cc1ccc(N2C[C@H](c3nc4ccccc4n3CC(=O)N(c3ccccc3)C(C)C)CC2=O)cc1C. The number of para-hydroxylation sites is 3. The van der Waals surface area contributed by atoms with Gasteiger partial charge in [0.05, 0.1) is 11.0 Å². The van der Waals surface area contributed by atoms with Gasteiger partial charge in [0, 0.05) is 36.3 Å². The number of hydrogen-bond acceptors (Lipinski definition) is 3. The number of amides is 2. The molecule has 0 aliphatic carbocycles. The van der Waals surface area contributed by atoms with Crippen molar-refractivity contribution in [3.63, 3.8) is 0 Å². The largest absolute Gasteiger partial charge is 0.318 e. The number of imidazole rings is 1. The van der Waals surface area contributed by atoms with Crippen LogP contribution in [-0.4, -0.2) is 34.0 Å². The zero-order valence-electron chi connectivity index (χ0n) is 21.3. The predicted octanol–water partition coefficient (Wildman–Crippen LogP) is 5.62. The molecule has 1 saturated heterocycles. The van der Waals surface area contributed by atoms with Crippen molar-refractivity contribution in [2.75, 3.05) is 16.3 Å². The lowest BCUT2D eigenvalue weighted by Crippen LogP contribution is -2.39. The van der Waals surface area contributed by atoms with E-state index in [-0.39, 0.29) is 30.3 Å². The van der Waals surface area contributed by atoms with E-state index in [0.29, 0.717) is 13.0 Å². The molecule has 2 heterocycles. The summed E-state index contributed by atoms with van der Waals surface area (Å²) in [5.74, 6) is 0.779. The average Bonchev–Trinajstić information content (AvgIpc) is 3.42. The Morgan fingerprint density at radius 3 is 2.44 bits per heavy atom. The molecule has 1 atom stereocenters. The van der Waals surface area contributed by atoms with E-state index in [4.69, 9.17) is 4.98 Å². The first-order chi connectivity index (χ1) is 17.3. The first kappa shape index (κ1) is 23.8. The van der Waals surface area contributed by atoms with Gasteiger partial charge >= 0.3 is 0 Å². The molecule has 2 amide bonds. The minimum atomic E-state index is -0.0939. The molecular formula is C30H32N4O2. The summed E-state index contributed by atoms with van der Waals surface area (Å²) in [6.07, 6.45) is 0.372. The second-order valence-corrected chi connectivity index (χ2v) is 9.91. The van der Waals surface area contributed by atoms with Gasteiger partial charge in [0.25, 0.3) is 0 Å². The highest BCUT2D eigenvalue weighted by Gasteiger charge is 2.35. The van der Waals surface area contributed by atoms with Crippen LogP contribution in [0.2, 0.25) is 0 Å². The van der Waals surface area contributed by atoms with Crippen LogP contribution in [0.25, 0.3) is 11.0 Å². The molecule has 1 aromatic heterocycles. The molecule has 184 valence electrons. The van der Waals surface area contributed by atoms with Crippen molar-refractivity contribution in [1.82, 2.24) is 9.55 Å². The molecule has 1 aliphatic heterocycles. The van der Waals surface area contributed by atoms with Crippen molar-refractivity contribution in [2.45, 2.75) is 52.6 Å². The Hall–Kier alpha value is -3.93. The average molecular weight is 481 g/mol. The lowest BCUT2D eigenvalue weighted by Gasteiger charge is -2.28. The Morgan fingerprint density at radius 1 is 1.00 bits per heavy atom. The molecule has 0 unspecified atom stereocenters. The van der Waals surface area contributed by atoms with E-state index in [2.05, 4.69) is 26.0 Å². The van der Waals surface area contributed by atoms with Crippen molar-refractivity contribution in [3.8, 4) is 0 Å². The third-order valence-corrected chi connectivity index (χ3v) is 7.09. The van der Waals surface area contributed by atoms with Crippen LogP contribution in [0.1, 0.15) is 43.1 Å². The van der Waals surface area contributed by atoms with Gasteiger partial charge in [-0.1, -0.05) is 36.4 Å². The molecule has 0 bridgehead atoms. The molecule has 1 fully saturated rings. The molecule has 5 rings (SSSR count). The highest BCUT2D eigenvalue weighted by atomic mass is 16.2. The van der Waals surface area contributed by atoms with Crippen LogP contribution < -0.4 is 9.80 Å². The van der Waals surface area contributed by atoms with Crippen molar-refractivity contribution in [1.29, 1.82) is 0 Å². The number of hydrogen-bond donors (Lipinski definition) is 0. The van der Waals surface area contributed by atoms with E-state index >= 15 is 0 Å². The first-order valence-corrected chi connectivity index (χ1v) is 12.5. The minimum Gasteiger partial charge on any atom is -0.318 e. The highest BCUT2D eigenvalue weighted by Crippen LogP contribution is 2.34. The molecule has 6 nitrogen and oxygen atoms in total. The summed E-state index contributed by atoms with van der Waals surface area (Å²) in [5.41, 5.74) is 5.91. The molecule has 3 aromatic carbocycles. The smallest absolute Gasteiger partial charge is 0.247 e. The van der Waals surface area contributed by atoms with E-state index in [1.165, 1.54) is 5.56 Å². The number of carbonyl (C=O) groups is 2. The predicted molar refractivity (Wildman–Crippen MR) is 144 cm³/mol. The summed E-state index contributed by atoms with van der Waals surface area (Å²) in [4.78, 5) is 35.4. The van der Waals surface area contributed by atoms with Gasteiger partial charge in [-0.2, -0.15) is 0 Å². The lowest BCUT2D eigenvalue weighted by molar-refractivity contribution is -0.119. The Morgan fingerprint density at radius 2 is 1.72 bits per heavy atom. The maximum atomic E-state index is 13.7. The Bertz CT molecular complexity index is 1420. The fourth-order valence-electron chi connectivity index (χ4n) is 5.13. The Balaban J connectivity index is 1.49. The topological polar surface area (TPSA) is 58.4 Å². The maximum Gasteiger partial charge on any atom is 0.247 e. The van der Waals surface area contributed by atoms with Crippen LogP contribution >= 0.6 is 0 Å². The molecule has 6 heteroatoms. The van der Waals surface area contributed by atoms with E-state index in [9.17, 15) is 9.59 Å². The Labute approximate surface area is 212 Å². The zero-order valence-corrected chi connectivity index (χ0v) is 21.3. The zero-order chi connectivity index (χ0) is 25.4. The first-order valence-electron chi connectivity index (χ1n) is 12.5. The van der Waals surface area contributed by atoms with E-state index < -0.39 is 0 Å². The van der Waals surface area contributed by atoms with E-state index in [1.54, 1.807) is 0 Å². The van der Waals surface area contributed by atoms with Crippen LogP contribution in [-0.2, 0) is 16.1 Å². The van der Waals surface area contributed by atoms with Gasteiger partial charge < -0.3 is 14.4 Å². The summed E-state index contributed by atoms with van der Waals surface area (Å²) in [7, 11) is 0. The molecule has 0 radical (unpaired) electrons. The van der Waals surface area contributed by atoms with Crippen LogP contribution in [0.15, 0.2) is 72.8 Å². The summed E-state index contributed by atoms with van der Waals surface area (Å²) in [5, 5.41) is 0. The van der Waals surface area contributed by atoms with E-state index in [0.717, 1.165) is 33.8 Å². The number of benzene rings is 3. The maximum absolute atomic E-state index is 13.7. The quantitative estimate of drug-likeness (QED) is 0.360. The second-order valence-electron chi connectivity index (χ2n) is 9.91. The number of aromatic nitrogens is 2. The number of fused-ring (bicyclic) bond motifs is 1. The van der Waals surface area contributed by atoms with Gasteiger partial charge in [-0.25, -0.2) is 4.98 Å². The minimum absolute atomic E-state index is 0.00376. The molecule has 1 aliphatic rings. The molecule has 4 aromatic rings. The molecule has 36 heavy (non-hydrogen) atoms. The summed E-state index contributed by atoms with van der Waals surface area (Å²) >= 11 is 0. The number of carbonyl (C=O) groups excluding carboxylic acids is 2. The molecular weight excluding hydrogens is 448 g/mol. The number of rotatable bonds is 6. The van der Waals surface area contributed by atoms with Crippen LogP contribution in [0, 0.1) is 13.8 Å². The van der Waals surface area contributed by atoms with Gasteiger partial charge in [-0.15, -0.1) is 0 Å². The van der Waals surface area contributed by atoms with Gasteiger partial charge in [0.1, 0.15) is 12.4 Å². The number of nitrogens with zero attached hydrogens (tertiary/aromatic N) is 4. The second kappa shape index (κ2) is 9.61. The van der Waals surface area contributed by atoms with Crippen molar-refractivity contribution in [3.05, 3.63) is 89.7 Å². The molecule has 0 spiro atoms. The van der Waals surface area contributed by atoms with Gasteiger partial charge in [-0.3, -0.25) is 9.59 Å². The third kappa shape index (κ3) is 4.39. The fourth-order valence-corrected chi connectivity index (χ4v) is 5.13.